The molecule has 1 aromatic heterocycles. The number of rotatable bonds is 3. The molecule has 1 aliphatic carbocycles. The number of aromatic nitrogens is 2. The molecular weight excluding hydrogens is 240 g/mol. The highest BCUT2D eigenvalue weighted by atomic mass is 16.3. The number of nitrogens with one attached hydrogen (secondary N) is 1. The molecule has 1 saturated carbocycles. The fraction of sp³-hybridized carbons (Fsp3) is 0.714. The molecule has 1 fully saturated rings. The molecular formula is C14H22N4O. The van der Waals surface area contributed by atoms with E-state index in [4.69, 9.17) is 0 Å². The standard InChI is InChI=1S/C14H22N4O/c1-10-4-6-14(9-19,7-5-10)16-13-12(8-15)11(2)17-18(13)3/h10,16,19H,4-7,9H2,1-3H3. The summed E-state index contributed by atoms with van der Waals surface area (Å²) in [6.45, 7) is 4.17. The molecule has 0 unspecified atom stereocenters. The summed E-state index contributed by atoms with van der Waals surface area (Å²) >= 11 is 0. The van der Waals surface area contributed by atoms with Gasteiger partial charge >= 0.3 is 0 Å². The van der Waals surface area contributed by atoms with Gasteiger partial charge in [0, 0.05) is 7.05 Å². The van der Waals surface area contributed by atoms with E-state index in [9.17, 15) is 10.4 Å². The van der Waals surface area contributed by atoms with E-state index in [1.807, 2.05) is 14.0 Å². The zero-order valence-corrected chi connectivity index (χ0v) is 11.9. The first-order valence-electron chi connectivity index (χ1n) is 6.84. The minimum atomic E-state index is -0.307. The van der Waals surface area contributed by atoms with Gasteiger partial charge in [0.15, 0.2) is 0 Å². The Hall–Kier alpha value is -1.54. The molecule has 5 heteroatoms. The summed E-state index contributed by atoms with van der Waals surface area (Å²) < 4.78 is 1.70. The molecule has 1 aromatic rings. The number of hydrogen-bond acceptors (Lipinski definition) is 4. The predicted octanol–water partition coefficient (Wildman–Crippen LogP) is 1.95. The SMILES string of the molecule is Cc1nn(C)c(NC2(CO)CCC(C)CC2)c1C#N. The van der Waals surface area contributed by atoms with Crippen LogP contribution < -0.4 is 5.32 Å². The molecule has 0 aliphatic heterocycles. The number of aryl methyl sites for hydroxylation is 2. The molecule has 0 bridgehead atoms. The highest BCUT2D eigenvalue weighted by Crippen LogP contribution is 2.35. The van der Waals surface area contributed by atoms with E-state index < -0.39 is 0 Å². The summed E-state index contributed by atoms with van der Waals surface area (Å²) in [6.07, 6.45) is 4.07. The molecule has 2 N–H and O–H groups in total. The molecule has 5 nitrogen and oxygen atoms in total. The zero-order chi connectivity index (χ0) is 14.0. The fourth-order valence-electron chi connectivity index (χ4n) is 2.82. The highest BCUT2D eigenvalue weighted by Gasteiger charge is 2.35. The van der Waals surface area contributed by atoms with E-state index in [2.05, 4.69) is 23.4 Å². The molecule has 1 aliphatic rings. The first-order valence-corrected chi connectivity index (χ1v) is 6.84. The van der Waals surface area contributed by atoms with Crippen LogP contribution in [0, 0.1) is 24.2 Å². The van der Waals surface area contributed by atoms with Crippen LogP contribution in [0.4, 0.5) is 5.82 Å². The van der Waals surface area contributed by atoms with Gasteiger partial charge in [-0.25, -0.2) is 0 Å². The minimum absolute atomic E-state index is 0.0921. The number of nitrogens with zero attached hydrogens (tertiary/aromatic N) is 3. The molecule has 19 heavy (non-hydrogen) atoms. The average Bonchev–Trinajstić information content (AvgIpc) is 2.66. The van der Waals surface area contributed by atoms with Gasteiger partial charge < -0.3 is 10.4 Å². The van der Waals surface area contributed by atoms with E-state index >= 15 is 0 Å². The molecule has 0 spiro atoms. The lowest BCUT2D eigenvalue weighted by Crippen LogP contribution is -2.45. The van der Waals surface area contributed by atoms with Gasteiger partial charge in [0.2, 0.25) is 0 Å². The third kappa shape index (κ3) is 2.59. The Morgan fingerprint density at radius 2 is 2.16 bits per heavy atom. The highest BCUT2D eigenvalue weighted by molar-refractivity contribution is 5.56. The molecule has 0 aromatic carbocycles. The van der Waals surface area contributed by atoms with Crippen molar-refractivity contribution in [1.82, 2.24) is 9.78 Å². The number of anilines is 1. The summed E-state index contributed by atoms with van der Waals surface area (Å²) in [5.41, 5.74) is 0.997. The third-order valence-corrected chi connectivity index (χ3v) is 4.25. The average molecular weight is 262 g/mol. The lowest BCUT2D eigenvalue weighted by molar-refractivity contribution is 0.154. The van der Waals surface area contributed by atoms with Crippen molar-refractivity contribution in [3.05, 3.63) is 11.3 Å². The maximum absolute atomic E-state index is 9.78. The van der Waals surface area contributed by atoms with E-state index in [-0.39, 0.29) is 12.1 Å². The van der Waals surface area contributed by atoms with Crippen LogP contribution in [0.1, 0.15) is 43.9 Å². The van der Waals surface area contributed by atoms with Gasteiger partial charge in [-0.15, -0.1) is 0 Å². The summed E-state index contributed by atoms with van der Waals surface area (Å²) in [4.78, 5) is 0. The van der Waals surface area contributed by atoms with Crippen LogP contribution >= 0.6 is 0 Å². The molecule has 2 rings (SSSR count). The smallest absolute Gasteiger partial charge is 0.142 e. The van der Waals surface area contributed by atoms with E-state index in [0.717, 1.165) is 37.2 Å². The van der Waals surface area contributed by atoms with Gasteiger partial charge in [0.05, 0.1) is 17.8 Å². The van der Waals surface area contributed by atoms with Crippen LogP contribution in [0.5, 0.6) is 0 Å². The van der Waals surface area contributed by atoms with Crippen molar-refractivity contribution in [1.29, 1.82) is 5.26 Å². The molecule has 0 saturated heterocycles. The van der Waals surface area contributed by atoms with Gasteiger partial charge in [0.1, 0.15) is 17.5 Å². The number of nitriles is 1. The van der Waals surface area contributed by atoms with Crippen molar-refractivity contribution in [3.63, 3.8) is 0 Å². The van der Waals surface area contributed by atoms with Crippen molar-refractivity contribution in [3.8, 4) is 6.07 Å². The summed E-state index contributed by atoms with van der Waals surface area (Å²) in [5, 5.41) is 26.7. The molecule has 0 radical (unpaired) electrons. The van der Waals surface area contributed by atoms with Crippen LogP contribution in [0.2, 0.25) is 0 Å². The van der Waals surface area contributed by atoms with Crippen LogP contribution in [0.25, 0.3) is 0 Å². The fourth-order valence-corrected chi connectivity index (χ4v) is 2.82. The largest absolute Gasteiger partial charge is 0.394 e. The normalized spacial score (nSPS) is 27.0. The maximum Gasteiger partial charge on any atom is 0.142 e. The maximum atomic E-state index is 9.78. The van der Waals surface area contributed by atoms with Gasteiger partial charge in [-0.05, 0) is 38.5 Å². The lowest BCUT2D eigenvalue weighted by Gasteiger charge is -2.39. The summed E-state index contributed by atoms with van der Waals surface area (Å²) in [7, 11) is 1.83. The first kappa shape index (κ1) is 13.9. The topological polar surface area (TPSA) is 73.9 Å². The summed E-state index contributed by atoms with van der Waals surface area (Å²) in [5.74, 6) is 1.44. The second-order valence-electron chi connectivity index (χ2n) is 5.79. The number of hydrogen-bond donors (Lipinski definition) is 2. The third-order valence-electron chi connectivity index (χ3n) is 4.25. The van der Waals surface area contributed by atoms with E-state index in [1.54, 1.807) is 4.68 Å². The van der Waals surface area contributed by atoms with Crippen molar-refractivity contribution in [2.75, 3.05) is 11.9 Å². The second kappa shape index (κ2) is 5.22. The number of aliphatic hydroxyl groups is 1. The Kier molecular flexibility index (Phi) is 3.81. The Labute approximate surface area is 114 Å². The van der Waals surface area contributed by atoms with Gasteiger partial charge in [-0.2, -0.15) is 10.4 Å². The van der Waals surface area contributed by atoms with Crippen LogP contribution in [-0.4, -0.2) is 27.0 Å². The van der Waals surface area contributed by atoms with Crippen LogP contribution in [0.15, 0.2) is 0 Å². The second-order valence-corrected chi connectivity index (χ2v) is 5.79. The molecule has 0 amide bonds. The van der Waals surface area contributed by atoms with Crippen molar-refractivity contribution < 1.29 is 5.11 Å². The van der Waals surface area contributed by atoms with Crippen molar-refractivity contribution in [2.24, 2.45) is 13.0 Å². The molecule has 104 valence electrons. The Morgan fingerprint density at radius 1 is 1.53 bits per heavy atom. The van der Waals surface area contributed by atoms with Gasteiger partial charge in [0.25, 0.3) is 0 Å². The first-order chi connectivity index (χ1) is 9.01. The molecule has 0 atom stereocenters. The Bertz CT molecular complexity index is 492. The Balaban J connectivity index is 2.26. The minimum Gasteiger partial charge on any atom is -0.394 e. The summed E-state index contributed by atoms with van der Waals surface area (Å²) in [6, 6.07) is 2.20. The Morgan fingerprint density at radius 3 is 2.68 bits per heavy atom. The monoisotopic (exact) mass is 262 g/mol. The van der Waals surface area contributed by atoms with Crippen LogP contribution in [0.3, 0.4) is 0 Å². The van der Waals surface area contributed by atoms with Crippen molar-refractivity contribution in [2.45, 2.75) is 45.1 Å². The predicted molar refractivity (Wildman–Crippen MR) is 73.7 cm³/mol. The lowest BCUT2D eigenvalue weighted by atomic mass is 9.77. The molecule has 1 heterocycles. The van der Waals surface area contributed by atoms with Crippen LogP contribution in [-0.2, 0) is 7.05 Å². The van der Waals surface area contributed by atoms with Gasteiger partial charge in [-0.1, -0.05) is 6.92 Å². The van der Waals surface area contributed by atoms with E-state index in [1.165, 1.54) is 0 Å². The van der Waals surface area contributed by atoms with E-state index in [0.29, 0.717) is 11.5 Å². The zero-order valence-electron chi connectivity index (χ0n) is 11.9. The number of aliphatic hydroxyl groups excluding tert-OH is 1. The quantitative estimate of drug-likeness (QED) is 0.873. The van der Waals surface area contributed by atoms with Gasteiger partial charge in [-0.3, -0.25) is 4.68 Å². The van der Waals surface area contributed by atoms with Crippen molar-refractivity contribution >= 4 is 5.82 Å².